The van der Waals surface area contributed by atoms with E-state index in [1.54, 1.807) is 0 Å². The first-order chi connectivity index (χ1) is 67.3. The topological polar surface area (TPSA) is 66.8 Å². The van der Waals surface area contributed by atoms with E-state index in [0.717, 1.165) is 192 Å². The molecule has 644 valence electrons. The van der Waals surface area contributed by atoms with Crippen LogP contribution in [0.25, 0.3) is 144 Å². The zero-order valence-electron chi connectivity index (χ0n) is 74.3. The van der Waals surface area contributed by atoms with Crippen molar-refractivity contribution < 1.29 is 9.59 Å². The van der Waals surface area contributed by atoms with Gasteiger partial charge in [-0.25, -0.2) is 0 Å². The number of benzene rings is 20. The van der Waals surface area contributed by atoms with Crippen LogP contribution in [-0.4, -0.2) is 30.8 Å². The van der Waals surface area contributed by atoms with Gasteiger partial charge in [0.15, 0.2) is 0 Å². The fraction of sp³-hybridized carbons (Fsp3) is 0. The highest BCUT2D eigenvalue weighted by molar-refractivity contribution is 6.15. The summed E-state index contributed by atoms with van der Waals surface area (Å²) in [4.78, 5) is 32.2. The van der Waals surface area contributed by atoms with Crippen LogP contribution in [0.5, 0.6) is 0 Å². The van der Waals surface area contributed by atoms with E-state index < -0.39 is 0 Å². The molecule has 0 unspecified atom stereocenters. The Kier molecular flexibility index (Phi) is 21.4. The molecule has 0 aliphatic heterocycles. The lowest BCUT2D eigenvalue weighted by molar-refractivity contribution is 0.111. The van der Waals surface area contributed by atoms with E-state index in [1.165, 1.54) is 32.6 Å². The highest BCUT2D eigenvalue weighted by Crippen LogP contribution is 2.48. The third-order valence-electron chi connectivity index (χ3n) is 26.2. The van der Waals surface area contributed by atoms with Crippen molar-refractivity contribution in [2.45, 2.75) is 0 Å². The first kappa shape index (κ1) is 82.1. The summed E-state index contributed by atoms with van der Waals surface area (Å²) in [6.07, 6.45) is 5.54. The van der Waals surface area contributed by atoms with Crippen molar-refractivity contribution in [1.29, 1.82) is 0 Å². The lowest BCUT2D eigenvalue weighted by Crippen LogP contribution is -2.10. The molecule has 0 atom stereocenters. The third-order valence-corrected chi connectivity index (χ3v) is 26.2. The summed E-state index contributed by atoms with van der Waals surface area (Å²) in [6, 6.07) is 172. The molecule has 0 radical (unpaired) electrons. The summed E-state index contributed by atoms with van der Waals surface area (Å²) in [5.74, 6) is 0. The zero-order valence-corrected chi connectivity index (χ0v) is 74.3. The number of rotatable bonds is 22. The van der Waals surface area contributed by atoms with E-state index in [9.17, 15) is 9.59 Å². The second-order valence-electron chi connectivity index (χ2n) is 34.1. The molecule has 0 amide bonds. The van der Waals surface area contributed by atoms with Gasteiger partial charge in [0.1, 0.15) is 12.6 Å². The number of fused-ring (bicyclic) bond motifs is 12. The van der Waals surface area contributed by atoms with Gasteiger partial charge in [-0.15, -0.1) is 0 Å². The highest BCUT2D eigenvalue weighted by atomic mass is 16.1. The van der Waals surface area contributed by atoms with Crippen molar-refractivity contribution >= 4 is 180 Å². The minimum absolute atomic E-state index is 0.653. The maximum atomic E-state index is 11.5. The Balaban J connectivity index is 0.000000153. The summed E-state index contributed by atoms with van der Waals surface area (Å²) in [6.45, 7) is 7.91. The number of anilines is 12. The molecule has 4 heterocycles. The minimum atomic E-state index is 0.653. The van der Waals surface area contributed by atoms with Gasteiger partial charge in [0.05, 0.1) is 44.1 Å². The molecule has 20 aromatic carbocycles. The minimum Gasteiger partial charge on any atom is -0.310 e. The van der Waals surface area contributed by atoms with Crippen LogP contribution >= 0.6 is 0 Å². The third kappa shape index (κ3) is 15.1. The van der Waals surface area contributed by atoms with Gasteiger partial charge in [0, 0.05) is 145 Å². The number of para-hydroxylation sites is 8. The lowest BCUT2D eigenvalue weighted by Gasteiger charge is -2.26. The molecule has 0 bridgehead atoms. The van der Waals surface area contributed by atoms with Gasteiger partial charge < -0.3 is 37.9 Å². The van der Waals surface area contributed by atoms with Gasteiger partial charge in [-0.05, 0) is 300 Å². The van der Waals surface area contributed by atoms with Gasteiger partial charge in [0.25, 0.3) is 0 Å². The fourth-order valence-corrected chi connectivity index (χ4v) is 19.7. The van der Waals surface area contributed by atoms with Crippen LogP contribution < -0.4 is 19.6 Å². The smallest absolute Gasteiger partial charge is 0.150 e. The molecule has 0 aliphatic rings. The number of hydrogen-bond acceptors (Lipinski definition) is 6. The van der Waals surface area contributed by atoms with Crippen LogP contribution in [0.3, 0.4) is 0 Å². The van der Waals surface area contributed by atoms with Crippen molar-refractivity contribution in [3.8, 4) is 45.0 Å². The van der Waals surface area contributed by atoms with Crippen molar-refractivity contribution in [3.63, 3.8) is 0 Å². The number of carbonyl (C=O) groups excluding carboxylic acids is 2. The SMILES string of the molecule is C=Cc1ccc(-n2c3ccccc3c3cc(N(c4ccccc4)c4ccc(-c5ccc(N(c6ccccc6)c6ccc7c(c6)c6ccccc6n7-c6ccc(C=C)cc6)cc5)cc4)ccc32)cc1.O=Cc1ccc(-n2c3ccccc3c3cc(N(c4ccccc4)c4ccc(-c5ccc(N(c6ccccc6)c6ccc7c(c6)c6ccccc6n7-c6ccc(C=O)cc6)cc5)cc4)ccc32)cc1. The maximum Gasteiger partial charge on any atom is 0.150 e. The van der Waals surface area contributed by atoms with Crippen LogP contribution in [0.1, 0.15) is 31.8 Å². The number of hydrogen-bond donors (Lipinski definition) is 0. The van der Waals surface area contributed by atoms with E-state index in [0.29, 0.717) is 11.1 Å². The van der Waals surface area contributed by atoms with Crippen LogP contribution in [0.4, 0.5) is 68.2 Å². The summed E-state index contributed by atoms with van der Waals surface area (Å²) in [7, 11) is 0. The van der Waals surface area contributed by atoms with Crippen LogP contribution in [0, 0.1) is 0 Å². The van der Waals surface area contributed by atoms with Crippen molar-refractivity contribution in [2.75, 3.05) is 19.6 Å². The van der Waals surface area contributed by atoms with Gasteiger partial charge in [-0.3, -0.25) is 9.59 Å². The van der Waals surface area contributed by atoms with E-state index in [-0.39, 0.29) is 0 Å². The summed E-state index contributed by atoms with van der Waals surface area (Å²) >= 11 is 0. The molecule has 10 heteroatoms. The van der Waals surface area contributed by atoms with E-state index in [1.807, 2.05) is 60.7 Å². The molecule has 10 nitrogen and oxygen atoms in total. The standard InChI is InChI=1S/C64H46N4.C62H42N4O2/c1-3-45-23-31-53(32-24-45)67-61-21-13-11-19-57(61)59-43-55(39-41-63(59)67)65(49-15-7-5-8-16-49)51-35-27-47(28-36-51)48-29-37-52(38-30-48)66(50-17-9-6-10-18-50)56-40-42-64-60(44-56)58-20-12-14-22-62(58)68(64)54-33-25-46(4-2)26-34-54;67-41-43-19-27-51(28-20-43)65-59-17-9-7-15-55(59)57-39-53(35-37-61(57)65)63(47-11-3-1-4-12-47)49-31-23-45(24-32-49)46-25-33-50(34-26-46)64(48-13-5-2-6-14-48)54-36-38-62-58(40-54)56-16-8-10-18-60(56)66(62)52-29-21-44(42-68)22-30-52/h3-44H,1-2H2;1-42H. The normalized spacial score (nSPS) is 11.4. The molecule has 24 rings (SSSR count). The Morgan fingerprint density at radius 1 is 0.162 bits per heavy atom. The van der Waals surface area contributed by atoms with Crippen LogP contribution in [0.2, 0.25) is 0 Å². The average Bonchev–Trinajstić information content (AvgIpc) is 1.60. The number of nitrogens with zero attached hydrogens (tertiary/aromatic N) is 8. The zero-order chi connectivity index (χ0) is 91.1. The van der Waals surface area contributed by atoms with Crippen molar-refractivity contribution in [3.05, 3.63) is 521 Å². The Bertz CT molecular complexity index is 7590. The Morgan fingerprint density at radius 3 is 0.544 bits per heavy atom. The predicted molar refractivity (Wildman–Crippen MR) is 571 cm³/mol. The second-order valence-corrected chi connectivity index (χ2v) is 34.1. The highest BCUT2D eigenvalue weighted by Gasteiger charge is 2.25. The molecule has 0 N–H and O–H groups in total. The van der Waals surface area contributed by atoms with Crippen LogP contribution in [0.15, 0.2) is 498 Å². The molecule has 4 aromatic heterocycles. The van der Waals surface area contributed by atoms with Crippen molar-refractivity contribution in [1.82, 2.24) is 18.3 Å². The second kappa shape index (κ2) is 35.5. The van der Waals surface area contributed by atoms with Gasteiger partial charge in [-0.1, -0.05) is 244 Å². The largest absolute Gasteiger partial charge is 0.310 e. The van der Waals surface area contributed by atoms with E-state index in [2.05, 4.69) is 488 Å². The van der Waals surface area contributed by atoms with E-state index >= 15 is 0 Å². The van der Waals surface area contributed by atoms with Crippen molar-refractivity contribution in [2.24, 2.45) is 0 Å². The van der Waals surface area contributed by atoms with Gasteiger partial charge in [0.2, 0.25) is 0 Å². The molecular weight excluding hydrogens is 1660 g/mol. The first-order valence-electron chi connectivity index (χ1n) is 45.8. The number of carbonyl (C=O) groups is 2. The molecule has 0 saturated heterocycles. The summed E-state index contributed by atoms with van der Waals surface area (Å²) in [5.41, 5.74) is 34.3. The first-order valence-corrected chi connectivity index (χ1v) is 45.8. The molecule has 0 aliphatic carbocycles. The van der Waals surface area contributed by atoms with Gasteiger partial charge in [-0.2, -0.15) is 0 Å². The average molecular weight is 1750 g/mol. The lowest BCUT2D eigenvalue weighted by atomic mass is 10.0. The maximum absolute atomic E-state index is 11.5. The molecule has 24 aromatic rings. The number of aromatic nitrogens is 4. The molecule has 0 spiro atoms. The Morgan fingerprint density at radius 2 is 0.338 bits per heavy atom. The Hall–Kier alpha value is -18.4. The Labute approximate surface area is 788 Å². The molecule has 136 heavy (non-hydrogen) atoms. The molecule has 0 fully saturated rings. The van der Waals surface area contributed by atoms with Crippen LogP contribution in [-0.2, 0) is 0 Å². The fourth-order valence-electron chi connectivity index (χ4n) is 19.7. The quantitative estimate of drug-likeness (QED) is 0.0630. The summed E-state index contributed by atoms with van der Waals surface area (Å²) < 4.78 is 9.26. The van der Waals surface area contributed by atoms with E-state index in [4.69, 9.17) is 0 Å². The molecule has 0 saturated carbocycles. The monoisotopic (exact) mass is 1740 g/mol. The predicted octanol–water partition coefficient (Wildman–Crippen LogP) is 33.9. The number of aldehydes is 2. The molecular formula is C126H88N8O2. The van der Waals surface area contributed by atoms with Gasteiger partial charge >= 0.3 is 0 Å². The summed E-state index contributed by atoms with van der Waals surface area (Å²) in [5, 5.41) is 9.45.